The molecule has 1 unspecified atom stereocenters. The molecule has 2 nitrogen and oxygen atoms in total. The van der Waals surface area contributed by atoms with E-state index in [4.69, 9.17) is 16.3 Å². The van der Waals surface area contributed by atoms with Crippen LogP contribution in [0.15, 0.2) is 24.3 Å². The molecule has 1 aliphatic carbocycles. The van der Waals surface area contributed by atoms with Crippen molar-refractivity contribution in [2.24, 2.45) is 0 Å². The molecule has 0 radical (unpaired) electrons. The topological polar surface area (TPSA) is 21.3 Å². The van der Waals surface area contributed by atoms with Crippen LogP contribution < -0.4 is 5.32 Å². The van der Waals surface area contributed by atoms with Gasteiger partial charge in [-0.15, -0.1) is 0 Å². The molecule has 2 fully saturated rings. The summed E-state index contributed by atoms with van der Waals surface area (Å²) in [5.74, 6) is 0. The number of halogens is 1. The van der Waals surface area contributed by atoms with Crippen molar-refractivity contribution >= 4 is 17.3 Å². The zero-order chi connectivity index (χ0) is 11.7. The van der Waals surface area contributed by atoms with Crippen molar-refractivity contribution in [1.29, 1.82) is 0 Å². The SMILES string of the molecule is Clc1ccccc1NC1CCOC2(CCC2)C1. The number of ether oxygens (including phenoxy) is 1. The first-order valence-electron chi connectivity index (χ1n) is 6.42. The molecule has 0 aromatic heterocycles. The molecule has 1 saturated carbocycles. The fraction of sp³-hybridized carbons (Fsp3) is 0.571. The first kappa shape index (κ1) is 11.4. The van der Waals surface area contributed by atoms with Crippen LogP contribution in [0.1, 0.15) is 32.1 Å². The molecular formula is C14H18ClNO. The zero-order valence-corrected chi connectivity index (χ0v) is 10.7. The summed E-state index contributed by atoms with van der Waals surface area (Å²) < 4.78 is 5.93. The molecule has 92 valence electrons. The lowest BCUT2D eigenvalue weighted by atomic mass is 9.74. The number of hydrogen-bond acceptors (Lipinski definition) is 2. The van der Waals surface area contributed by atoms with Crippen LogP contribution in [0.5, 0.6) is 0 Å². The summed E-state index contributed by atoms with van der Waals surface area (Å²) in [6.45, 7) is 0.877. The number of rotatable bonds is 2. The predicted octanol–water partition coefficient (Wildman–Crippen LogP) is 3.85. The minimum absolute atomic E-state index is 0.192. The lowest BCUT2D eigenvalue weighted by Crippen LogP contribution is -2.49. The fourth-order valence-corrected chi connectivity index (χ4v) is 3.06. The van der Waals surface area contributed by atoms with E-state index in [9.17, 15) is 0 Å². The van der Waals surface area contributed by atoms with Crippen LogP contribution in [0, 0.1) is 0 Å². The van der Waals surface area contributed by atoms with Gasteiger partial charge in [0.05, 0.1) is 16.3 Å². The van der Waals surface area contributed by atoms with Gasteiger partial charge >= 0.3 is 0 Å². The van der Waals surface area contributed by atoms with Gasteiger partial charge in [-0.3, -0.25) is 0 Å². The molecule has 3 heteroatoms. The van der Waals surface area contributed by atoms with Gasteiger partial charge in [0.25, 0.3) is 0 Å². The number of benzene rings is 1. The summed E-state index contributed by atoms with van der Waals surface area (Å²) in [6.07, 6.45) is 5.98. The van der Waals surface area contributed by atoms with Crippen molar-refractivity contribution < 1.29 is 4.74 Å². The molecule has 0 amide bonds. The highest BCUT2D eigenvalue weighted by Gasteiger charge is 2.42. The van der Waals surface area contributed by atoms with Gasteiger partial charge in [-0.05, 0) is 44.2 Å². The molecule has 1 aromatic carbocycles. The van der Waals surface area contributed by atoms with Crippen LogP contribution >= 0.6 is 11.6 Å². The van der Waals surface area contributed by atoms with Crippen LogP contribution in [-0.4, -0.2) is 18.2 Å². The van der Waals surface area contributed by atoms with Crippen LogP contribution in [0.25, 0.3) is 0 Å². The van der Waals surface area contributed by atoms with Crippen LogP contribution in [-0.2, 0) is 4.74 Å². The lowest BCUT2D eigenvalue weighted by molar-refractivity contribution is -0.130. The van der Waals surface area contributed by atoms with Gasteiger partial charge in [0.2, 0.25) is 0 Å². The number of hydrogen-bond donors (Lipinski definition) is 1. The van der Waals surface area contributed by atoms with E-state index >= 15 is 0 Å². The molecule has 1 saturated heterocycles. The molecule has 1 N–H and O–H groups in total. The van der Waals surface area contributed by atoms with E-state index in [0.29, 0.717) is 6.04 Å². The lowest BCUT2D eigenvalue weighted by Gasteiger charge is -2.47. The van der Waals surface area contributed by atoms with Crippen molar-refractivity contribution in [3.05, 3.63) is 29.3 Å². The number of para-hydroxylation sites is 1. The van der Waals surface area contributed by atoms with Crippen molar-refractivity contribution in [3.8, 4) is 0 Å². The van der Waals surface area contributed by atoms with E-state index in [0.717, 1.165) is 30.2 Å². The summed E-state index contributed by atoms with van der Waals surface area (Å²) in [5.41, 5.74) is 1.24. The van der Waals surface area contributed by atoms with E-state index in [1.54, 1.807) is 0 Å². The summed E-state index contributed by atoms with van der Waals surface area (Å²) in [6, 6.07) is 8.47. The summed E-state index contributed by atoms with van der Waals surface area (Å²) >= 11 is 6.17. The Bertz CT molecular complexity index is 403. The van der Waals surface area contributed by atoms with Crippen LogP contribution in [0.4, 0.5) is 5.69 Å². The van der Waals surface area contributed by atoms with Crippen molar-refractivity contribution in [3.63, 3.8) is 0 Å². The molecular weight excluding hydrogens is 234 g/mol. The maximum absolute atomic E-state index is 6.17. The van der Waals surface area contributed by atoms with E-state index in [1.165, 1.54) is 19.3 Å². The van der Waals surface area contributed by atoms with Crippen molar-refractivity contribution in [2.75, 3.05) is 11.9 Å². The average molecular weight is 252 g/mol. The smallest absolute Gasteiger partial charge is 0.0702 e. The minimum Gasteiger partial charge on any atom is -0.381 e. The first-order chi connectivity index (χ1) is 8.27. The second-order valence-corrected chi connectivity index (χ2v) is 5.61. The van der Waals surface area contributed by atoms with Crippen molar-refractivity contribution in [1.82, 2.24) is 0 Å². The van der Waals surface area contributed by atoms with Gasteiger partial charge in [-0.1, -0.05) is 23.7 Å². The minimum atomic E-state index is 0.192. The molecule has 3 rings (SSSR count). The fourth-order valence-electron chi connectivity index (χ4n) is 2.87. The molecule has 2 aliphatic rings. The molecule has 1 atom stereocenters. The van der Waals surface area contributed by atoms with Gasteiger partial charge in [0.1, 0.15) is 0 Å². The van der Waals surface area contributed by atoms with Crippen LogP contribution in [0.2, 0.25) is 5.02 Å². The number of anilines is 1. The predicted molar refractivity (Wildman–Crippen MR) is 70.6 cm³/mol. The molecule has 1 aromatic rings. The highest BCUT2D eigenvalue weighted by atomic mass is 35.5. The maximum Gasteiger partial charge on any atom is 0.0702 e. The second-order valence-electron chi connectivity index (χ2n) is 5.20. The first-order valence-corrected chi connectivity index (χ1v) is 6.80. The Morgan fingerprint density at radius 2 is 2.12 bits per heavy atom. The summed E-state index contributed by atoms with van der Waals surface area (Å²) in [4.78, 5) is 0. The summed E-state index contributed by atoms with van der Waals surface area (Å²) in [5, 5.41) is 4.37. The Morgan fingerprint density at radius 3 is 2.82 bits per heavy atom. The normalized spacial score (nSPS) is 26.5. The Labute approximate surface area is 107 Å². The molecule has 0 bridgehead atoms. The standard InChI is InChI=1S/C14H18ClNO/c15-12-4-1-2-5-13(12)16-11-6-9-17-14(10-11)7-3-8-14/h1-2,4-5,11,16H,3,6-10H2. The van der Waals surface area contributed by atoms with Gasteiger partial charge in [0, 0.05) is 12.6 Å². The van der Waals surface area contributed by atoms with E-state index < -0.39 is 0 Å². The monoisotopic (exact) mass is 251 g/mol. The molecule has 1 spiro atoms. The molecule has 1 aliphatic heterocycles. The average Bonchev–Trinajstić information content (AvgIpc) is 2.31. The largest absolute Gasteiger partial charge is 0.381 e. The van der Waals surface area contributed by atoms with E-state index in [2.05, 4.69) is 5.32 Å². The third-order valence-electron chi connectivity index (χ3n) is 3.99. The zero-order valence-electron chi connectivity index (χ0n) is 9.92. The van der Waals surface area contributed by atoms with E-state index in [-0.39, 0.29) is 5.60 Å². The summed E-state index contributed by atoms with van der Waals surface area (Å²) in [7, 11) is 0. The second kappa shape index (κ2) is 4.51. The Kier molecular flexibility index (Phi) is 3.01. The molecule has 17 heavy (non-hydrogen) atoms. The van der Waals surface area contributed by atoms with Gasteiger partial charge in [0.15, 0.2) is 0 Å². The van der Waals surface area contributed by atoms with Gasteiger partial charge in [-0.25, -0.2) is 0 Å². The highest BCUT2D eigenvalue weighted by Crippen LogP contribution is 2.43. The van der Waals surface area contributed by atoms with Gasteiger partial charge < -0.3 is 10.1 Å². The molecule has 1 heterocycles. The Morgan fingerprint density at radius 1 is 1.29 bits per heavy atom. The quantitative estimate of drug-likeness (QED) is 0.862. The highest BCUT2D eigenvalue weighted by molar-refractivity contribution is 6.33. The van der Waals surface area contributed by atoms with E-state index in [1.807, 2.05) is 24.3 Å². The number of nitrogens with one attached hydrogen (secondary N) is 1. The Balaban J connectivity index is 1.67. The third-order valence-corrected chi connectivity index (χ3v) is 4.32. The van der Waals surface area contributed by atoms with Gasteiger partial charge in [-0.2, -0.15) is 0 Å². The third kappa shape index (κ3) is 2.29. The van der Waals surface area contributed by atoms with Crippen LogP contribution in [0.3, 0.4) is 0 Å². The Hall–Kier alpha value is -0.730. The maximum atomic E-state index is 6.17. The van der Waals surface area contributed by atoms with Crippen molar-refractivity contribution in [2.45, 2.75) is 43.7 Å².